The Bertz CT molecular complexity index is 824. The van der Waals surface area contributed by atoms with Crippen molar-refractivity contribution in [1.82, 2.24) is 4.98 Å². The highest BCUT2D eigenvalue weighted by Crippen LogP contribution is 2.40. The minimum Gasteiger partial charge on any atom is -0.454 e. The fourth-order valence-corrected chi connectivity index (χ4v) is 3.54. The molecule has 6 nitrogen and oxygen atoms in total. The van der Waals surface area contributed by atoms with E-state index < -0.39 is 9.84 Å². The molecule has 0 fully saturated rings. The van der Waals surface area contributed by atoms with Crippen molar-refractivity contribution >= 4 is 31.6 Å². The lowest BCUT2D eigenvalue weighted by atomic mass is 10.2. The molecule has 0 saturated heterocycles. The normalized spacial score (nSPS) is 13.2. The van der Waals surface area contributed by atoms with Crippen LogP contribution in [0.25, 0.3) is 0 Å². The molecule has 0 saturated carbocycles. The quantitative estimate of drug-likeness (QED) is 0.872. The molecule has 0 unspecified atom stereocenters. The van der Waals surface area contributed by atoms with E-state index in [2.05, 4.69) is 26.2 Å². The Morgan fingerprint density at radius 2 is 2.18 bits per heavy atom. The van der Waals surface area contributed by atoms with Gasteiger partial charge >= 0.3 is 0 Å². The zero-order valence-corrected chi connectivity index (χ0v) is 14.1. The number of nitrogens with one attached hydrogen (secondary N) is 1. The van der Waals surface area contributed by atoms with Gasteiger partial charge in [-0.25, -0.2) is 13.4 Å². The van der Waals surface area contributed by atoms with Gasteiger partial charge in [0.15, 0.2) is 21.3 Å². The van der Waals surface area contributed by atoms with E-state index in [0.29, 0.717) is 23.9 Å². The first-order valence-electron chi connectivity index (χ1n) is 6.42. The number of sulfone groups is 1. The van der Waals surface area contributed by atoms with Crippen LogP contribution in [0.4, 0.5) is 5.82 Å². The standard InChI is InChI=1S/C14H13BrN2O4S/c1-22(18,19)12-3-2-4-16-14(12)17-7-9-5-10(15)13-11(6-9)20-8-21-13/h2-6H,7-8H2,1H3,(H,16,17). The molecule has 1 N–H and O–H groups in total. The van der Waals surface area contributed by atoms with Crippen LogP contribution in [0.1, 0.15) is 5.56 Å². The number of fused-ring (bicyclic) bond motifs is 1. The van der Waals surface area contributed by atoms with Crippen molar-refractivity contribution in [3.05, 3.63) is 40.5 Å². The maximum Gasteiger partial charge on any atom is 0.231 e. The maximum atomic E-state index is 11.7. The van der Waals surface area contributed by atoms with Gasteiger partial charge in [0.25, 0.3) is 0 Å². The monoisotopic (exact) mass is 384 g/mol. The smallest absolute Gasteiger partial charge is 0.231 e. The summed E-state index contributed by atoms with van der Waals surface area (Å²) in [6.07, 6.45) is 2.71. The van der Waals surface area contributed by atoms with E-state index in [1.165, 1.54) is 6.07 Å². The lowest BCUT2D eigenvalue weighted by molar-refractivity contribution is 0.173. The van der Waals surface area contributed by atoms with Crippen LogP contribution in [0.2, 0.25) is 0 Å². The number of rotatable bonds is 4. The van der Waals surface area contributed by atoms with Crippen LogP contribution < -0.4 is 14.8 Å². The minimum absolute atomic E-state index is 0.176. The van der Waals surface area contributed by atoms with Crippen LogP contribution in [0.15, 0.2) is 39.8 Å². The number of halogens is 1. The summed E-state index contributed by atoms with van der Waals surface area (Å²) in [7, 11) is -3.33. The van der Waals surface area contributed by atoms with E-state index in [1.807, 2.05) is 12.1 Å². The molecule has 1 aromatic heterocycles. The molecule has 0 aliphatic carbocycles. The third kappa shape index (κ3) is 3.02. The fraction of sp³-hybridized carbons (Fsp3) is 0.214. The van der Waals surface area contributed by atoms with Gasteiger partial charge in [0.1, 0.15) is 10.7 Å². The molecule has 116 valence electrons. The molecule has 22 heavy (non-hydrogen) atoms. The zero-order valence-electron chi connectivity index (χ0n) is 11.7. The Morgan fingerprint density at radius 3 is 2.95 bits per heavy atom. The van der Waals surface area contributed by atoms with E-state index in [1.54, 1.807) is 12.3 Å². The number of ether oxygens (including phenoxy) is 2. The topological polar surface area (TPSA) is 77.5 Å². The van der Waals surface area contributed by atoms with E-state index in [-0.39, 0.29) is 11.7 Å². The summed E-state index contributed by atoms with van der Waals surface area (Å²) in [5.74, 6) is 1.67. The van der Waals surface area contributed by atoms with Crippen LogP contribution in [-0.2, 0) is 16.4 Å². The van der Waals surface area contributed by atoms with Crippen molar-refractivity contribution in [2.75, 3.05) is 18.4 Å². The van der Waals surface area contributed by atoms with Crippen LogP contribution >= 0.6 is 15.9 Å². The predicted octanol–water partition coefficient (Wildman–Crippen LogP) is 2.59. The van der Waals surface area contributed by atoms with Crippen molar-refractivity contribution in [1.29, 1.82) is 0 Å². The molecular weight excluding hydrogens is 372 g/mol. The Hall–Kier alpha value is -1.80. The number of hydrogen-bond acceptors (Lipinski definition) is 6. The molecule has 0 amide bonds. The molecule has 3 rings (SSSR count). The molecule has 0 spiro atoms. The van der Waals surface area contributed by atoms with Gasteiger partial charge in [-0.15, -0.1) is 0 Å². The van der Waals surface area contributed by atoms with Crippen molar-refractivity contribution in [2.24, 2.45) is 0 Å². The largest absolute Gasteiger partial charge is 0.454 e. The van der Waals surface area contributed by atoms with Crippen LogP contribution in [0, 0.1) is 0 Å². The summed E-state index contributed by atoms with van der Waals surface area (Å²) in [5.41, 5.74) is 0.918. The van der Waals surface area contributed by atoms with Crippen molar-refractivity contribution < 1.29 is 17.9 Å². The van der Waals surface area contributed by atoms with Crippen LogP contribution in [-0.4, -0.2) is 26.5 Å². The first-order chi connectivity index (χ1) is 10.4. The van der Waals surface area contributed by atoms with E-state index >= 15 is 0 Å². The van der Waals surface area contributed by atoms with Crippen LogP contribution in [0.3, 0.4) is 0 Å². The maximum absolute atomic E-state index is 11.7. The molecule has 0 bridgehead atoms. The molecule has 8 heteroatoms. The number of hydrogen-bond donors (Lipinski definition) is 1. The third-order valence-corrected chi connectivity index (χ3v) is 4.83. The zero-order chi connectivity index (χ0) is 15.7. The molecule has 0 atom stereocenters. The second-order valence-electron chi connectivity index (χ2n) is 4.79. The number of nitrogens with zero attached hydrogens (tertiary/aromatic N) is 1. The van der Waals surface area contributed by atoms with E-state index in [9.17, 15) is 8.42 Å². The van der Waals surface area contributed by atoms with Crippen molar-refractivity contribution in [2.45, 2.75) is 11.4 Å². The van der Waals surface area contributed by atoms with Gasteiger partial charge in [0.2, 0.25) is 6.79 Å². The van der Waals surface area contributed by atoms with Gasteiger partial charge in [-0.2, -0.15) is 0 Å². The van der Waals surface area contributed by atoms with Crippen molar-refractivity contribution in [3.63, 3.8) is 0 Å². The average Bonchev–Trinajstić information content (AvgIpc) is 2.93. The highest BCUT2D eigenvalue weighted by Gasteiger charge is 2.18. The summed E-state index contributed by atoms with van der Waals surface area (Å²) >= 11 is 3.43. The van der Waals surface area contributed by atoms with Crippen LogP contribution in [0.5, 0.6) is 11.5 Å². The Kier molecular flexibility index (Phi) is 3.96. The molecule has 2 heterocycles. The number of anilines is 1. The summed E-state index contributed by atoms with van der Waals surface area (Å²) in [5, 5.41) is 3.05. The summed E-state index contributed by atoms with van der Waals surface area (Å²) in [6, 6.07) is 6.87. The summed E-state index contributed by atoms with van der Waals surface area (Å²) < 4.78 is 35.0. The Balaban J connectivity index is 1.84. The highest BCUT2D eigenvalue weighted by atomic mass is 79.9. The van der Waals surface area contributed by atoms with Gasteiger partial charge in [-0.3, -0.25) is 0 Å². The lowest BCUT2D eigenvalue weighted by Crippen LogP contribution is -2.08. The number of benzene rings is 1. The average molecular weight is 385 g/mol. The number of aromatic nitrogens is 1. The lowest BCUT2D eigenvalue weighted by Gasteiger charge is -2.10. The van der Waals surface area contributed by atoms with Gasteiger partial charge in [-0.1, -0.05) is 0 Å². The third-order valence-electron chi connectivity index (χ3n) is 3.12. The van der Waals surface area contributed by atoms with Gasteiger partial charge in [0, 0.05) is 19.0 Å². The first-order valence-corrected chi connectivity index (χ1v) is 9.10. The SMILES string of the molecule is CS(=O)(=O)c1cccnc1NCc1cc(Br)c2c(c1)OCO2. The van der Waals surface area contributed by atoms with E-state index in [0.717, 1.165) is 16.3 Å². The summed E-state index contributed by atoms with van der Waals surface area (Å²) in [4.78, 5) is 4.27. The Morgan fingerprint density at radius 1 is 1.36 bits per heavy atom. The molecule has 1 aliphatic heterocycles. The molecular formula is C14H13BrN2O4S. The summed E-state index contributed by atoms with van der Waals surface area (Å²) in [6.45, 7) is 0.609. The number of pyridine rings is 1. The second-order valence-corrected chi connectivity index (χ2v) is 7.63. The fourth-order valence-electron chi connectivity index (χ4n) is 2.13. The molecule has 0 radical (unpaired) electrons. The van der Waals surface area contributed by atoms with Gasteiger partial charge in [0.05, 0.1) is 4.47 Å². The molecule has 2 aromatic rings. The van der Waals surface area contributed by atoms with Crippen molar-refractivity contribution in [3.8, 4) is 11.5 Å². The minimum atomic E-state index is -3.33. The van der Waals surface area contributed by atoms with E-state index in [4.69, 9.17) is 9.47 Å². The second kappa shape index (κ2) is 5.77. The molecule has 1 aromatic carbocycles. The Labute approximate surface area is 136 Å². The van der Waals surface area contributed by atoms with Gasteiger partial charge < -0.3 is 14.8 Å². The predicted molar refractivity (Wildman–Crippen MR) is 84.9 cm³/mol. The van der Waals surface area contributed by atoms with Gasteiger partial charge in [-0.05, 0) is 45.8 Å². The molecule has 1 aliphatic rings. The first kappa shape index (κ1) is 15.1. The highest BCUT2D eigenvalue weighted by molar-refractivity contribution is 9.10.